The number of carbonyl (C=O) groups is 1. The molecule has 0 aliphatic carbocycles. The second-order valence-electron chi connectivity index (χ2n) is 6.99. The molecule has 6 heteroatoms. The van der Waals surface area contributed by atoms with Crippen molar-refractivity contribution >= 4 is 11.6 Å². The Morgan fingerprint density at radius 1 is 1.31 bits per heavy atom. The molecule has 1 aliphatic rings. The number of para-hydroxylation sites is 1. The second-order valence-corrected chi connectivity index (χ2v) is 6.99. The van der Waals surface area contributed by atoms with Crippen molar-refractivity contribution in [2.24, 2.45) is 0 Å². The van der Waals surface area contributed by atoms with Crippen LogP contribution in [0.2, 0.25) is 0 Å². The number of hydrogen-bond acceptors (Lipinski definition) is 3. The summed E-state index contributed by atoms with van der Waals surface area (Å²) in [6, 6.07) is 7.71. The van der Waals surface area contributed by atoms with Crippen LogP contribution in [0.3, 0.4) is 0 Å². The molecular formula is C20H23N5O. The van der Waals surface area contributed by atoms with Gasteiger partial charge in [0.25, 0.3) is 0 Å². The summed E-state index contributed by atoms with van der Waals surface area (Å²) in [7, 11) is 0. The number of imidazole rings is 2. The molecule has 26 heavy (non-hydrogen) atoms. The number of aromatic nitrogens is 4. The summed E-state index contributed by atoms with van der Waals surface area (Å²) in [5, 5.41) is 3.03. The van der Waals surface area contributed by atoms with Gasteiger partial charge in [-0.2, -0.15) is 0 Å². The number of benzene rings is 1. The predicted octanol–water partition coefficient (Wildman–Crippen LogP) is 3.66. The molecule has 4 rings (SSSR count). The van der Waals surface area contributed by atoms with E-state index in [1.807, 2.05) is 37.4 Å². The van der Waals surface area contributed by atoms with Crippen LogP contribution in [-0.2, 0) is 17.8 Å². The third-order valence-electron chi connectivity index (χ3n) is 4.93. The minimum atomic E-state index is -0.0401. The third-order valence-corrected chi connectivity index (χ3v) is 4.93. The van der Waals surface area contributed by atoms with Crippen LogP contribution in [0.5, 0.6) is 0 Å². The van der Waals surface area contributed by atoms with Gasteiger partial charge in [0, 0.05) is 41.8 Å². The van der Waals surface area contributed by atoms with Crippen molar-refractivity contribution in [1.29, 1.82) is 0 Å². The van der Waals surface area contributed by atoms with Crippen LogP contribution in [0.25, 0.3) is 11.4 Å². The Balaban J connectivity index is 1.53. The minimum absolute atomic E-state index is 0.0401. The zero-order valence-corrected chi connectivity index (χ0v) is 15.1. The van der Waals surface area contributed by atoms with Crippen LogP contribution in [0.1, 0.15) is 42.9 Å². The highest BCUT2D eigenvalue weighted by Crippen LogP contribution is 2.28. The van der Waals surface area contributed by atoms with Crippen molar-refractivity contribution in [3.05, 3.63) is 53.9 Å². The van der Waals surface area contributed by atoms with Gasteiger partial charge in [0.15, 0.2) is 0 Å². The fraction of sp³-hybridized carbons (Fsp3) is 0.350. The lowest BCUT2D eigenvalue weighted by Gasteiger charge is -2.21. The number of rotatable bonds is 4. The Kier molecular flexibility index (Phi) is 4.32. The Labute approximate surface area is 152 Å². The lowest BCUT2D eigenvalue weighted by Crippen LogP contribution is -2.20. The van der Waals surface area contributed by atoms with Crippen molar-refractivity contribution < 1.29 is 4.79 Å². The Hall–Kier alpha value is -2.89. The van der Waals surface area contributed by atoms with E-state index in [1.165, 1.54) is 6.42 Å². The van der Waals surface area contributed by atoms with Crippen molar-refractivity contribution in [1.82, 2.24) is 19.5 Å². The van der Waals surface area contributed by atoms with E-state index in [0.717, 1.165) is 47.3 Å². The molecule has 1 aliphatic heterocycles. The summed E-state index contributed by atoms with van der Waals surface area (Å²) in [6.07, 6.45) is 6.26. The van der Waals surface area contributed by atoms with Gasteiger partial charge < -0.3 is 14.9 Å². The molecule has 6 nitrogen and oxygen atoms in total. The van der Waals surface area contributed by atoms with E-state index >= 15 is 0 Å². The first-order valence-electron chi connectivity index (χ1n) is 9.07. The maximum absolute atomic E-state index is 12.7. The highest BCUT2D eigenvalue weighted by atomic mass is 16.1. The van der Waals surface area contributed by atoms with Crippen molar-refractivity contribution in [3.63, 3.8) is 0 Å². The Morgan fingerprint density at radius 2 is 2.15 bits per heavy atom. The number of aryl methyl sites for hydroxylation is 1. The molecule has 0 saturated carbocycles. The quantitative estimate of drug-likeness (QED) is 0.755. The van der Waals surface area contributed by atoms with Crippen LogP contribution < -0.4 is 5.32 Å². The first-order chi connectivity index (χ1) is 12.6. The van der Waals surface area contributed by atoms with E-state index in [4.69, 9.17) is 0 Å². The first kappa shape index (κ1) is 16.6. The average molecular weight is 349 g/mol. The van der Waals surface area contributed by atoms with E-state index in [9.17, 15) is 4.79 Å². The highest BCUT2D eigenvalue weighted by molar-refractivity contribution is 5.95. The number of nitrogens with one attached hydrogen (secondary N) is 2. The summed E-state index contributed by atoms with van der Waals surface area (Å²) in [5.41, 5.74) is 3.62. The number of amides is 1. The van der Waals surface area contributed by atoms with Gasteiger partial charge in [0.05, 0.1) is 12.1 Å². The van der Waals surface area contributed by atoms with Crippen LogP contribution in [-0.4, -0.2) is 25.4 Å². The molecule has 1 amide bonds. The summed E-state index contributed by atoms with van der Waals surface area (Å²) >= 11 is 0. The Morgan fingerprint density at radius 3 is 2.96 bits per heavy atom. The summed E-state index contributed by atoms with van der Waals surface area (Å²) in [6.45, 7) is 5.11. The zero-order valence-electron chi connectivity index (χ0n) is 15.1. The number of anilines is 1. The molecule has 3 aromatic rings. The van der Waals surface area contributed by atoms with Crippen LogP contribution >= 0.6 is 0 Å². The van der Waals surface area contributed by atoms with Gasteiger partial charge in [-0.25, -0.2) is 9.97 Å². The molecule has 0 bridgehead atoms. The zero-order chi connectivity index (χ0) is 18.1. The van der Waals surface area contributed by atoms with Gasteiger partial charge in [-0.1, -0.05) is 19.1 Å². The molecule has 3 heterocycles. The molecule has 1 atom stereocenters. The average Bonchev–Trinajstić information content (AvgIpc) is 3.23. The fourth-order valence-electron chi connectivity index (χ4n) is 3.61. The number of carbonyl (C=O) groups excluding carboxylic acids is 1. The number of nitrogens with zero attached hydrogens (tertiary/aromatic N) is 3. The van der Waals surface area contributed by atoms with Crippen LogP contribution in [0.15, 0.2) is 36.7 Å². The number of H-pyrrole nitrogens is 1. The van der Waals surface area contributed by atoms with Gasteiger partial charge in [-0.05, 0) is 31.9 Å². The largest absolute Gasteiger partial charge is 0.342 e. The van der Waals surface area contributed by atoms with Crippen LogP contribution in [0, 0.1) is 6.92 Å². The number of hydrogen-bond donors (Lipinski definition) is 2. The summed E-state index contributed by atoms with van der Waals surface area (Å²) < 4.78 is 2.20. The standard InChI is InChI=1S/C20H23N5O/c1-13-6-5-9-25-15(12-22-20(13)25)10-18(26)24-17-8-4-3-7-16(17)19-21-11-14(2)23-19/h3-4,7-8,11-13H,5-6,9-10H2,1-2H3,(H,21,23)(H,24,26). The third kappa shape index (κ3) is 3.14. The highest BCUT2D eigenvalue weighted by Gasteiger charge is 2.21. The van der Waals surface area contributed by atoms with Crippen LogP contribution in [0.4, 0.5) is 5.69 Å². The molecule has 134 valence electrons. The maximum atomic E-state index is 12.7. The van der Waals surface area contributed by atoms with Crippen molar-refractivity contribution in [2.45, 2.75) is 45.6 Å². The van der Waals surface area contributed by atoms with Gasteiger partial charge in [0.1, 0.15) is 11.6 Å². The van der Waals surface area contributed by atoms with Gasteiger partial charge in [0.2, 0.25) is 5.91 Å². The molecule has 2 N–H and O–H groups in total. The summed E-state index contributed by atoms with van der Waals surface area (Å²) in [5.74, 6) is 2.28. The van der Waals surface area contributed by atoms with Crippen molar-refractivity contribution in [2.75, 3.05) is 5.32 Å². The van der Waals surface area contributed by atoms with Gasteiger partial charge >= 0.3 is 0 Å². The monoisotopic (exact) mass is 349 g/mol. The molecule has 0 radical (unpaired) electrons. The molecule has 0 fully saturated rings. The molecule has 2 aromatic heterocycles. The number of fused-ring (bicyclic) bond motifs is 1. The lowest BCUT2D eigenvalue weighted by molar-refractivity contribution is -0.115. The second kappa shape index (κ2) is 6.78. The number of aromatic amines is 1. The molecule has 0 spiro atoms. The smallest absolute Gasteiger partial charge is 0.230 e. The van der Waals surface area contributed by atoms with Crippen molar-refractivity contribution in [3.8, 4) is 11.4 Å². The maximum Gasteiger partial charge on any atom is 0.230 e. The van der Waals surface area contributed by atoms with E-state index in [-0.39, 0.29) is 5.91 Å². The SMILES string of the molecule is Cc1cnc(-c2ccccc2NC(=O)Cc2cnc3n2CCCC3C)[nH]1. The normalized spacial score (nSPS) is 16.3. The Bertz CT molecular complexity index is 939. The van der Waals surface area contributed by atoms with E-state index in [1.54, 1.807) is 6.20 Å². The molecule has 0 saturated heterocycles. The van der Waals surface area contributed by atoms with Gasteiger partial charge in [-0.15, -0.1) is 0 Å². The first-order valence-corrected chi connectivity index (χ1v) is 9.07. The predicted molar refractivity (Wildman–Crippen MR) is 101 cm³/mol. The lowest BCUT2D eigenvalue weighted by atomic mass is 10.0. The molecule has 1 unspecified atom stereocenters. The van der Waals surface area contributed by atoms with E-state index in [2.05, 4.69) is 31.8 Å². The molecule has 1 aromatic carbocycles. The van der Waals surface area contributed by atoms with Gasteiger partial charge in [-0.3, -0.25) is 4.79 Å². The topological polar surface area (TPSA) is 75.6 Å². The molecular weight excluding hydrogens is 326 g/mol. The van der Waals surface area contributed by atoms with E-state index in [0.29, 0.717) is 12.3 Å². The minimum Gasteiger partial charge on any atom is -0.342 e. The fourth-order valence-corrected chi connectivity index (χ4v) is 3.61. The van der Waals surface area contributed by atoms with E-state index < -0.39 is 0 Å². The summed E-state index contributed by atoms with van der Waals surface area (Å²) in [4.78, 5) is 24.8.